The molecule has 0 saturated carbocycles. The molecule has 4 aromatic rings. The number of nitrogens with zero attached hydrogens (tertiary/aromatic N) is 5. The van der Waals surface area contributed by atoms with E-state index in [2.05, 4.69) is 30.6 Å². The Morgan fingerprint density at radius 2 is 1.94 bits per heavy atom. The van der Waals surface area contributed by atoms with E-state index >= 15 is 0 Å². The summed E-state index contributed by atoms with van der Waals surface area (Å²) in [7, 11) is 0. The SMILES string of the molecule is Cc1ccc(NC(=O)CCc2nc(CSc3nnc(-c4ccncc4)o3)no2)cc1C. The molecule has 0 spiro atoms. The van der Waals surface area contributed by atoms with Crippen molar-refractivity contribution in [2.75, 3.05) is 5.32 Å². The van der Waals surface area contributed by atoms with Crippen molar-refractivity contribution in [3.63, 3.8) is 0 Å². The van der Waals surface area contributed by atoms with Gasteiger partial charge in [0.2, 0.25) is 17.7 Å². The van der Waals surface area contributed by atoms with Crippen LogP contribution in [-0.4, -0.2) is 31.2 Å². The third-order valence-electron chi connectivity index (χ3n) is 4.53. The van der Waals surface area contributed by atoms with E-state index in [1.165, 1.54) is 17.3 Å². The molecule has 3 heterocycles. The van der Waals surface area contributed by atoms with Gasteiger partial charge in [-0.15, -0.1) is 10.2 Å². The molecule has 1 N–H and O–H groups in total. The van der Waals surface area contributed by atoms with Gasteiger partial charge >= 0.3 is 0 Å². The van der Waals surface area contributed by atoms with Crippen molar-refractivity contribution in [1.82, 2.24) is 25.3 Å². The molecule has 0 unspecified atom stereocenters. The van der Waals surface area contributed by atoms with Crippen LogP contribution < -0.4 is 5.32 Å². The number of hydrogen-bond donors (Lipinski definition) is 1. The van der Waals surface area contributed by atoms with Gasteiger partial charge in [-0.3, -0.25) is 9.78 Å². The highest BCUT2D eigenvalue weighted by Crippen LogP contribution is 2.24. The average Bonchev–Trinajstić information content (AvgIpc) is 3.44. The topological polar surface area (TPSA) is 120 Å². The molecule has 0 atom stereocenters. The summed E-state index contributed by atoms with van der Waals surface area (Å²) in [5.74, 6) is 1.64. The summed E-state index contributed by atoms with van der Waals surface area (Å²) in [4.78, 5) is 20.5. The second kappa shape index (κ2) is 9.52. The molecule has 1 aromatic carbocycles. The molecule has 0 saturated heterocycles. The molecule has 158 valence electrons. The summed E-state index contributed by atoms with van der Waals surface area (Å²) >= 11 is 1.31. The van der Waals surface area contributed by atoms with Crippen LogP contribution in [0.15, 0.2) is 56.9 Å². The van der Waals surface area contributed by atoms with Gasteiger partial charge in [0.1, 0.15) is 0 Å². The highest BCUT2D eigenvalue weighted by Gasteiger charge is 2.13. The van der Waals surface area contributed by atoms with Crippen molar-refractivity contribution < 1.29 is 13.7 Å². The van der Waals surface area contributed by atoms with Crippen LogP contribution in [0.25, 0.3) is 11.5 Å². The van der Waals surface area contributed by atoms with E-state index in [4.69, 9.17) is 8.94 Å². The Morgan fingerprint density at radius 1 is 1.10 bits per heavy atom. The zero-order valence-electron chi connectivity index (χ0n) is 17.0. The van der Waals surface area contributed by atoms with E-state index in [-0.39, 0.29) is 12.3 Å². The summed E-state index contributed by atoms with van der Waals surface area (Å²) in [6, 6.07) is 9.41. The van der Waals surface area contributed by atoms with E-state index in [1.54, 1.807) is 24.5 Å². The molecule has 31 heavy (non-hydrogen) atoms. The zero-order valence-corrected chi connectivity index (χ0v) is 17.8. The number of carbonyl (C=O) groups excluding carboxylic acids is 1. The van der Waals surface area contributed by atoms with Crippen LogP contribution in [0.1, 0.15) is 29.3 Å². The van der Waals surface area contributed by atoms with Crippen LogP contribution in [0, 0.1) is 13.8 Å². The van der Waals surface area contributed by atoms with Gasteiger partial charge in [0.05, 0.1) is 5.75 Å². The number of aryl methyl sites for hydroxylation is 3. The molecule has 0 fully saturated rings. The molecule has 4 rings (SSSR count). The number of nitrogens with one attached hydrogen (secondary N) is 1. The number of rotatable bonds is 8. The molecular formula is C21H20N6O3S. The van der Waals surface area contributed by atoms with E-state index in [0.717, 1.165) is 16.8 Å². The Morgan fingerprint density at radius 3 is 2.74 bits per heavy atom. The second-order valence-corrected chi connectivity index (χ2v) is 7.78. The first kappa shape index (κ1) is 20.7. The second-order valence-electron chi connectivity index (χ2n) is 6.85. The van der Waals surface area contributed by atoms with Gasteiger partial charge in [-0.2, -0.15) is 4.98 Å². The number of aromatic nitrogens is 5. The Labute approximate surface area is 182 Å². The number of hydrogen-bond acceptors (Lipinski definition) is 9. The van der Waals surface area contributed by atoms with Crippen LogP contribution in [0.4, 0.5) is 5.69 Å². The lowest BCUT2D eigenvalue weighted by molar-refractivity contribution is -0.116. The first-order valence-corrected chi connectivity index (χ1v) is 10.6. The molecule has 10 heteroatoms. The molecule has 9 nitrogen and oxygen atoms in total. The molecule has 0 aliphatic rings. The number of benzene rings is 1. The van der Waals surface area contributed by atoms with Crippen molar-refractivity contribution >= 4 is 23.4 Å². The third-order valence-corrected chi connectivity index (χ3v) is 5.34. The van der Waals surface area contributed by atoms with E-state index in [9.17, 15) is 4.79 Å². The third kappa shape index (κ3) is 5.54. The maximum atomic E-state index is 12.2. The predicted octanol–water partition coefficient (Wildman–Crippen LogP) is 4.00. The quantitative estimate of drug-likeness (QED) is 0.409. The molecule has 0 aliphatic heterocycles. The van der Waals surface area contributed by atoms with Crippen LogP contribution >= 0.6 is 11.8 Å². The minimum absolute atomic E-state index is 0.105. The minimum atomic E-state index is -0.105. The fraction of sp³-hybridized carbons (Fsp3) is 0.238. The highest BCUT2D eigenvalue weighted by atomic mass is 32.2. The maximum absolute atomic E-state index is 12.2. The Bertz CT molecular complexity index is 1170. The highest BCUT2D eigenvalue weighted by molar-refractivity contribution is 7.98. The number of carbonyl (C=O) groups is 1. The van der Waals surface area contributed by atoms with E-state index in [0.29, 0.717) is 35.0 Å². The Kier molecular flexibility index (Phi) is 6.37. The van der Waals surface area contributed by atoms with Gasteiger partial charge in [-0.1, -0.05) is 23.0 Å². The van der Waals surface area contributed by atoms with Crippen molar-refractivity contribution in [1.29, 1.82) is 0 Å². The summed E-state index contributed by atoms with van der Waals surface area (Å²) in [5.41, 5.74) is 3.89. The molecular weight excluding hydrogens is 416 g/mol. The minimum Gasteiger partial charge on any atom is -0.411 e. The van der Waals surface area contributed by atoms with Crippen molar-refractivity contribution in [2.24, 2.45) is 0 Å². The maximum Gasteiger partial charge on any atom is 0.277 e. The smallest absolute Gasteiger partial charge is 0.277 e. The fourth-order valence-electron chi connectivity index (χ4n) is 2.72. The molecule has 3 aromatic heterocycles. The summed E-state index contributed by atoms with van der Waals surface area (Å²) < 4.78 is 10.9. The normalized spacial score (nSPS) is 10.9. The Balaban J connectivity index is 1.25. The van der Waals surface area contributed by atoms with Crippen LogP contribution in [0.2, 0.25) is 0 Å². The van der Waals surface area contributed by atoms with Gasteiger partial charge < -0.3 is 14.3 Å². The number of anilines is 1. The van der Waals surface area contributed by atoms with E-state index < -0.39 is 0 Å². The van der Waals surface area contributed by atoms with Gasteiger partial charge in [0.25, 0.3) is 5.22 Å². The Hall–Kier alpha value is -3.53. The first-order chi connectivity index (χ1) is 15.1. The zero-order chi connectivity index (χ0) is 21.6. The molecule has 1 amide bonds. The lowest BCUT2D eigenvalue weighted by atomic mass is 10.1. The van der Waals surface area contributed by atoms with Crippen LogP contribution in [0.3, 0.4) is 0 Å². The summed E-state index contributed by atoms with van der Waals surface area (Å²) in [6.07, 6.45) is 3.94. The van der Waals surface area contributed by atoms with Crippen molar-refractivity contribution in [3.8, 4) is 11.5 Å². The van der Waals surface area contributed by atoms with Gasteiger partial charge in [0, 0.05) is 36.5 Å². The largest absolute Gasteiger partial charge is 0.411 e. The lowest BCUT2D eigenvalue weighted by Crippen LogP contribution is -2.12. The number of thioether (sulfide) groups is 1. The first-order valence-electron chi connectivity index (χ1n) is 9.62. The van der Waals surface area contributed by atoms with Crippen molar-refractivity contribution in [2.45, 2.75) is 37.7 Å². The molecule has 0 aliphatic carbocycles. The summed E-state index contributed by atoms with van der Waals surface area (Å²) in [5, 5.41) is 15.3. The van der Waals surface area contributed by atoms with Gasteiger partial charge in [-0.25, -0.2) is 0 Å². The number of pyridine rings is 1. The van der Waals surface area contributed by atoms with Gasteiger partial charge in [0.15, 0.2) is 5.82 Å². The molecule has 0 bridgehead atoms. The monoisotopic (exact) mass is 436 g/mol. The standard InChI is InChI=1S/C21H20N6O3S/c1-13-3-4-16(11-14(13)2)23-18(28)5-6-19-24-17(27-30-19)12-31-21-26-25-20(29-21)15-7-9-22-10-8-15/h3-4,7-11H,5-6,12H2,1-2H3,(H,23,28). The molecule has 0 radical (unpaired) electrons. The average molecular weight is 436 g/mol. The predicted molar refractivity (Wildman–Crippen MR) is 114 cm³/mol. The number of amides is 1. The summed E-state index contributed by atoms with van der Waals surface area (Å²) in [6.45, 7) is 4.04. The van der Waals surface area contributed by atoms with Crippen LogP contribution in [-0.2, 0) is 17.0 Å². The fourth-order valence-corrected chi connectivity index (χ4v) is 3.33. The van der Waals surface area contributed by atoms with Gasteiger partial charge in [-0.05, 0) is 49.2 Å². The van der Waals surface area contributed by atoms with E-state index in [1.807, 2.05) is 32.0 Å². The van der Waals surface area contributed by atoms with Crippen LogP contribution in [0.5, 0.6) is 0 Å². The van der Waals surface area contributed by atoms with Crippen molar-refractivity contribution in [3.05, 3.63) is 65.6 Å². The lowest BCUT2D eigenvalue weighted by Gasteiger charge is -2.06.